The van der Waals surface area contributed by atoms with E-state index in [1.54, 1.807) is 42.3 Å². The minimum absolute atomic E-state index is 0.123. The lowest BCUT2D eigenvalue weighted by atomic mass is 10.2. The Hall–Kier alpha value is -3.21. The first-order valence-corrected chi connectivity index (χ1v) is 8.42. The third-order valence-corrected chi connectivity index (χ3v) is 4.59. The molecule has 0 fully saturated rings. The number of aromatic nitrogens is 1. The molecule has 5 heteroatoms. The first-order valence-electron chi connectivity index (χ1n) is 8.42. The molecule has 1 atom stereocenters. The number of benzene rings is 2. The van der Waals surface area contributed by atoms with Crippen molar-refractivity contribution in [1.29, 1.82) is 0 Å². The zero-order valence-electron chi connectivity index (χ0n) is 14.5. The second kappa shape index (κ2) is 6.26. The predicted octanol–water partition coefficient (Wildman–Crippen LogP) is 4.61. The van der Waals surface area contributed by atoms with Gasteiger partial charge in [-0.1, -0.05) is 23.8 Å². The van der Waals surface area contributed by atoms with E-state index in [0.29, 0.717) is 22.5 Å². The number of nitrogens with one attached hydrogen (secondary N) is 1. The normalized spacial score (nSPS) is 15.9. The molecule has 3 aromatic rings. The van der Waals surface area contributed by atoms with Gasteiger partial charge in [-0.3, -0.25) is 14.7 Å². The summed E-state index contributed by atoms with van der Waals surface area (Å²) in [5.41, 5.74) is 4.25. The van der Waals surface area contributed by atoms with Crippen LogP contribution >= 0.6 is 0 Å². The number of rotatable bonds is 3. The highest BCUT2D eigenvalue weighted by molar-refractivity contribution is 6.11. The Labute approximate surface area is 151 Å². The molecule has 4 nitrogen and oxygen atoms in total. The molecule has 2 aromatic carbocycles. The SMILES string of the molecule is Cc1ccc(N2C(=O)c3cccnc3[C@H]2Nc2ccc(C)c(F)c2)cc1. The second-order valence-corrected chi connectivity index (χ2v) is 6.46. The molecule has 1 N–H and O–H groups in total. The van der Waals surface area contributed by atoms with Crippen molar-refractivity contribution in [3.8, 4) is 0 Å². The Morgan fingerprint density at radius 1 is 1.08 bits per heavy atom. The van der Waals surface area contributed by atoms with Gasteiger partial charge >= 0.3 is 0 Å². The van der Waals surface area contributed by atoms with Gasteiger partial charge in [0.2, 0.25) is 0 Å². The van der Waals surface area contributed by atoms with Crippen molar-refractivity contribution in [3.63, 3.8) is 0 Å². The summed E-state index contributed by atoms with van der Waals surface area (Å²) in [5.74, 6) is -0.413. The highest BCUT2D eigenvalue weighted by atomic mass is 19.1. The molecule has 0 saturated carbocycles. The minimum Gasteiger partial charge on any atom is -0.360 e. The average molecular weight is 347 g/mol. The zero-order valence-corrected chi connectivity index (χ0v) is 14.5. The number of hydrogen-bond acceptors (Lipinski definition) is 3. The Morgan fingerprint density at radius 3 is 2.58 bits per heavy atom. The van der Waals surface area contributed by atoms with E-state index in [1.807, 2.05) is 31.2 Å². The summed E-state index contributed by atoms with van der Waals surface area (Å²) in [4.78, 5) is 19.0. The van der Waals surface area contributed by atoms with Crippen LogP contribution in [0, 0.1) is 19.7 Å². The van der Waals surface area contributed by atoms with E-state index in [0.717, 1.165) is 11.3 Å². The van der Waals surface area contributed by atoms with Crippen molar-refractivity contribution < 1.29 is 9.18 Å². The van der Waals surface area contributed by atoms with Gasteiger partial charge in [0.05, 0.1) is 11.3 Å². The van der Waals surface area contributed by atoms with Crippen LogP contribution in [0.4, 0.5) is 15.8 Å². The largest absolute Gasteiger partial charge is 0.360 e. The van der Waals surface area contributed by atoms with E-state index in [4.69, 9.17) is 0 Å². The molecular weight excluding hydrogens is 329 g/mol. The third-order valence-electron chi connectivity index (χ3n) is 4.59. The van der Waals surface area contributed by atoms with Gasteiger partial charge in [0.15, 0.2) is 6.17 Å². The van der Waals surface area contributed by atoms with Crippen molar-refractivity contribution in [2.45, 2.75) is 20.0 Å². The lowest BCUT2D eigenvalue weighted by molar-refractivity contribution is 0.0993. The molecule has 1 amide bonds. The van der Waals surface area contributed by atoms with Crippen molar-refractivity contribution in [2.75, 3.05) is 10.2 Å². The van der Waals surface area contributed by atoms with Crippen molar-refractivity contribution in [2.24, 2.45) is 0 Å². The van der Waals surface area contributed by atoms with E-state index < -0.39 is 6.17 Å². The summed E-state index contributed by atoms with van der Waals surface area (Å²) >= 11 is 0. The van der Waals surface area contributed by atoms with Gasteiger partial charge in [0.1, 0.15) is 5.82 Å². The van der Waals surface area contributed by atoms with Crippen molar-refractivity contribution in [3.05, 3.63) is 89.0 Å². The van der Waals surface area contributed by atoms with E-state index in [9.17, 15) is 9.18 Å². The van der Waals surface area contributed by atoms with Crippen LogP contribution in [-0.2, 0) is 0 Å². The maximum absolute atomic E-state index is 14.0. The highest BCUT2D eigenvalue weighted by Crippen LogP contribution is 2.37. The number of aryl methyl sites for hydroxylation is 2. The molecule has 0 saturated heterocycles. The molecule has 0 bridgehead atoms. The van der Waals surface area contributed by atoms with E-state index in [2.05, 4.69) is 10.3 Å². The highest BCUT2D eigenvalue weighted by Gasteiger charge is 2.38. The Morgan fingerprint density at radius 2 is 1.85 bits per heavy atom. The standard InChI is InChI=1S/C21H18FN3O/c1-13-5-9-16(10-6-13)25-20(19-17(21(25)26)4-3-11-23-19)24-15-8-7-14(2)18(22)12-15/h3-12,20,24H,1-2H3/t20-/m0/s1. The lowest BCUT2D eigenvalue weighted by Gasteiger charge is -2.26. The topological polar surface area (TPSA) is 45.2 Å². The number of carbonyl (C=O) groups excluding carboxylic acids is 1. The number of fused-ring (bicyclic) bond motifs is 1. The van der Waals surface area contributed by atoms with E-state index in [1.165, 1.54) is 6.07 Å². The molecule has 130 valence electrons. The molecule has 0 spiro atoms. The molecular formula is C21H18FN3O. The summed E-state index contributed by atoms with van der Waals surface area (Å²) < 4.78 is 14.0. The van der Waals surface area contributed by atoms with Crippen LogP contribution < -0.4 is 10.2 Å². The molecule has 4 rings (SSSR count). The van der Waals surface area contributed by atoms with Crippen LogP contribution in [0.15, 0.2) is 60.8 Å². The first-order chi connectivity index (χ1) is 12.5. The zero-order chi connectivity index (χ0) is 18.3. The number of amides is 1. The van der Waals surface area contributed by atoms with Crippen LogP contribution in [0.1, 0.15) is 33.3 Å². The lowest BCUT2D eigenvalue weighted by Crippen LogP contribution is -2.32. The van der Waals surface area contributed by atoms with Gasteiger partial charge in [-0.15, -0.1) is 0 Å². The molecule has 1 aliphatic heterocycles. The summed E-state index contributed by atoms with van der Waals surface area (Å²) in [6.07, 6.45) is 1.17. The van der Waals surface area contributed by atoms with Crippen molar-refractivity contribution >= 4 is 17.3 Å². The Balaban J connectivity index is 1.77. The summed E-state index contributed by atoms with van der Waals surface area (Å²) in [6.45, 7) is 3.71. The number of hydrogen-bond donors (Lipinski definition) is 1. The number of halogens is 1. The third kappa shape index (κ3) is 2.71. The van der Waals surface area contributed by atoms with Gasteiger partial charge in [0, 0.05) is 17.6 Å². The van der Waals surface area contributed by atoms with Crippen molar-refractivity contribution in [1.82, 2.24) is 4.98 Å². The molecule has 0 aliphatic carbocycles. The quantitative estimate of drug-likeness (QED) is 0.753. The van der Waals surface area contributed by atoms with Crippen LogP contribution in [-0.4, -0.2) is 10.9 Å². The molecule has 2 heterocycles. The van der Waals surface area contributed by atoms with Gasteiger partial charge in [-0.05, 0) is 55.8 Å². The molecule has 1 aromatic heterocycles. The molecule has 26 heavy (non-hydrogen) atoms. The molecule has 0 radical (unpaired) electrons. The fourth-order valence-electron chi connectivity index (χ4n) is 3.13. The number of nitrogens with zero attached hydrogens (tertiary/aromatic N) is 2. The minimum atomic E-state index is -0.497. The number of anilines is 2. The fraction of sp³-hybridized carbons (Fsp3) is 0.143. The summed E-state index contributed by atoms with van der Waals surface area (Å²) in [5, 5.41) is 3.26. The monoisotopic (exact) mass is 347 g/mol. The van der Waals surface area contributed by atoms with Crippen LogP contribution in [0.5, 0.6) is 0 Å². The van der Waals surface area contributed by atoms with Gasteiger partial charge in [-0.2, -0.15) is 0 Å². The molecule has 0 unspecified atom stereocenters. The van der Waals surface area contributed by atoms with Crippen LogP contribution in [0.25, 0.3) is 0 Å². The second-order valence-electron chi connectivity index (χ2n) is 6.46. The van der Waals surface area contributed by atoms with Crippen LogP contribution in [0.2, 0.25) is 0 Å². The fourth-order valence-corrected chi connectivity index (χ4v) is 3.13. The smallest absolute Gasteiger partial charge is 0.262 e. The van der Waals surface area contributed by atoms with E-state index in [-0.39, 0.29) is 11.7 Å². The summed E-state index contributed by atoms with van der Waals surface area (Å²) in [7, 11) is 0. The Bertz CT molecular complexity index is 985. The Kier molecular flexibility index (Phi) is 3.92. The maximum atomic E-state index is 14.0. The number of carbonyl (C=O) groups is 1. The van der Waals surface area contributed by atoms with Gasteiger partial charge < -0.3 is 5.32 Å². The van der Waals surface area contributed by atoms with Crippen LogP contribution in [0.3, 0.4) is 0 Å². The van der Waals surface area contributed by atoms with Gasteiger partial charge in [0.25, 0.3) is 5.91 Å². The predicted molar refractivity (Wildman–Crippen MR) is 99.7 cm³/mol. The average Bonchev–Trinajstić information content (AvgIpc) is 2.92. The summed E-state index contributed by atoms with van der Waals surface area (Å²) in [6, 6.07) is 16.2. The van der Waals surface area contributed by atoms with E-state index >= 15 is 0 Å². The first kappa shape index (κ1) is 16.3. The van der Waals surface area contributed by atoms with Gasteiger partial charge in [-0.25, -0.2) is 4.39 Å². The molecule has 1 aliphatic rings. The maximum Gasteiger partial charge on any atom is 0.262 e. The number of pyridine rings is 1.